The third kappa shape index (κ3) is 1.35. The van der Waals surface area contributed by atoms with E-state index in [-0.39, 0.29) is 0 Å². The Bertz CT molecular complexity index is 418. The molecule has 0 saturated heterocycles. The average molecular weight is 189 g/mol. The highest BCUT2D eigenvalue weighted by molar-refractivity contribution is 5.33. The second-order valence-corrected chi connectivity index (χ2v) is 3.51. The molecular weight excluding hydrogens is 174 g/mol. The molecule has 0 aromatic carbocycles. The van der Waals surface area contributed by atoms with Crippen LogP contribution in [0.1, 0.15) is 18.3 Å². The Morgan fingerprint density at radius 1 is 1.21 bits per heavy atom. The molecule has 0 N–H and O–H groups in total. The zero-order valence-corrected chi connectivity index (χ0v) is 8.86. The van der Waals surface area contributed by atoms with Crippen LogP contribution in [-0.2, 0) is 6.54 Å². The Balaban J connectivity index is 2.48. The van der Waals surface area contributed by atoms with Gasteiger partial charge in [0.1, 0.15) is 0 Å². The molecule has 0 fully saturated rings. The van der Waals surface area contributed by atoms with Crippen molar-refractivity contribution < 1.29 is 0 Å². The molecular formula is C11H15N3. The van der Waals surface area contributed by atoms with Crippen molar-refractivity contribution in [3.63, 3.8) is 0 Å². The molecule has 0 atom stereocenters. The quantitative estimate of drug-likeness (QED) is 0.710. The first kappa shape index (κ1) is 9.06. The van der Waals surface area contributed by atoms with Crippen molar-refractivity contribution in [3.8, 4) is 5.69 Å². The van der Waals surface area contributed by atoms with Crippen molar-refractivity contribution in [1.82, 2.24) is 14.3 Å². The van der Waals surface area contributed by atoms with Gasteiger partial charge in [0.15, 0.2) is 0 Å². The summed E-state index contributed by atoms with van der Waals surface area (Å²) in [7, 11) is 0. The van der Waals surface area contributed by atoms with E-state index in [1.54, 1.807) is 0 Å². The van der Waals surface area contributed by atoms with E-state index in [0.29, 0.717) is 0 Å². The molecule has 0 saturated carbocycles. The molecule has 74 valence electrons. The summed E-state index contributed by atoms with van der Waals surface area (Å²) in [5.41, 5.74) is 3.64. The van der Waals surface area contributed by atoms with Crippen molar-refractivity contribution >= 4 is 0 Å². The third-order valence-corrected chi connectivity index (χ3v) is 2.47. The Morgan fingerprint density at radius 2 is 1.86 bits per heavy atom. The van der Waals surface area contributed by atoms with Gasteiger partial charge in [-0.2, -0.15) is 5.10 Å². The number of hydrogen-bond acceptors (Lipinski definition) is 1. The van der Waals surface area contributed by atoms with Crippen LogP contribution < -0.4 is 0 Å². The van der Waals surface area contributed by atoms with Crippen LogP contribution in [0.3, 0.4) is 0 Å². The molecule has 0 aliphatic rings. The van der Waals surface area contributed by atoms with Crippen LogP contribution in [-0.4, -0.2) is 14.3 Å². The molecule has 0 radical (unpaired) electrons. The van der Waals surface area contributed by atoms with Crippen LogP contribution in [0, 0.1) is 13.8 Å². The second-order valence-electron chi connectivity index (χ2n) is 3.51. The lowest BCUT2D eigenvalue weighted by Gasteiger charge is -2.04. The molecule has 0 unspecified atom stereocenters. The molecule has 2 aromatic rings. The zero-order valence-electron chi connectivity index (χ0n) is 8.86. The lowest BCUT2D eigenvalue weighted by atomic mass is 10.4. The lowest BCUT2D eigenvalue weighted by molar-refractivity contribution is 0.659. The largest absolute Gasteiger partial charge is 0.316 e. The molecule has 0 amide bonds. The lowest BCUT2D eigenvalue weighted by Crippen LogP contribution is -1.97. The van der Waals surface area contributed by atoms with Crippen molar-refractivity contribution in [2.45, 2.75) is 27.3 Å². The van der Waals surface area contributed by atoms with E-state index < -0.39 is 0 Å². The van der Waals surface area contributed by atoms with Gasteiger partial charge < -0.3 is 4.57 Å². The van der Waals surface area contributed by atoms with Gasteiger partial charge in [-0.25, -0.2) is 0 Å². The Morgan fingerprint density at radius 3 is 2.36 bits per heavy atom. The maximum atomic E-state index is 4.27. The normalized spacial score (nSPS) is 10.8. The summed E-state index contributed by atoms with van der Waals surface area (Å²) in [6.07, 6.45) is 3.98. The number of nitrogens with zero attached hydrogens (tertiary/aromatic N) is 3. The van der Waals surface area contributed by atoms with E-state index in [2.05, 4.69) is 48.8 Å². The van der Waals surface area contributed by atoms with Gasteiger partial charge in [-0.15, -0.1) is 0 Å². The summed E-state index contributed by atoms with van der Waals surface area (Å²) >= 11 is 0. The maximum Gasteiger partial charge on any atom is 0.0837 e. The molecule has 2 rings (SSSR count). The average Bonchev–Trinajstić information content (AvgIpc) is 2.73. The van der Waals surface area contributed by atoms with E-state index in [9.17, 15) is 0 Å². The maximum absolute atomic E-state index is 4.27. The number of hydrogen-bond donors (Lipinski definition) is 0. The first-order valence-electron chi connectivity index (χ1n) is 4.90. The van der Waals surface area contributed by atoms with E-state index in [4.69, 9.17) is 0 Å². The summed E-state index contributed by atoms with van der Waals surface area (Å²) in [5, 5.41) is 4.27. The smallest absolute Gasteiger partial charge is 0.0837 e. The first-order chi connectivity index (χ1) is 6.72. The Labute approximate surface area is 84.0 Å². The van der Waals surface area contributed by atoms with Crippen LogP contribution in [0.2, 0.25) is 0 Å². The van der Waals surface area contributed by atoms with Crippen LogP contribution in [0.25, 0.3) is 5.69 Å². The van der Waals surface area contributed by atoms with Gasteiger partial charge >= 0.3 is 0 Å². The van der Waals surface area contributed by atoms with Gasteiger partial charge in [0.2, 0.25) is 0 Å². The van der Waals surface area contributed by atoms with Crippen molar-refractivity contribution in [2.75, 3.05) is 0 Å². The topological polar surface area (TPSA) is 22.8 Å². The molecule has 14 heavy (non-hydrogen) atoms. The zero-order chi connectivity index (χ0) is 10.1. The molecule has 3 nitrogen and oxygen atoms in total. The molecule has 0 bridgehead atoms. The fraction of sp³-hybridized carbons (Fsp3) is 0.364. The van der Waals surface area contributed by atoms with E-state index in [1.807, 2.05) is 10.9 Å². The Kier molecular flexibility index (Phi) is 2.15. The third-order valence-electron chi connectivity index (χ3n) is 2.47. The fourth-order valence-corrected chi connectivity index (χ4v) is 1.72. The highest BCUT2D eigenvalue weighted by atomic mass is 15.3. The fourth-order valence-electron chi connectivity index (χ4n) is 1.72. The van der Waals surface area contributed by atoms with Crippen LogP contribution in [0.5, 0.6) is 0 Å². The van der Waals surface area contributed by atoms with Crippen LogP contribution in [0.4, 0.5) is 0 Å². The minimum Gasteiger partial charge on any atom is -0.316 e. The van der Waals surface area contributed by atoms with Crippen LogP contribution in [0.15, 0.2) is 24.5 Å². The van der Waals surface area contributed by atoms with Gasteiger partial charge in [-0.1, -0.05) is 0 Å². The van der Waals surface area contributed by atoms with E-state index in [0.717, 1.165) is 12.2 Å². The minimum absolute atomic E-state index is 0.916. The summed E-state index contributed by atoms with van der Waals surface area (Å²) < 4.78 is 4.15. The van der Waals surface area contributed by atoms with E-state index >= 15 is 0 Å². The summed E-state index contributed by atoms with van der Waals surface area (Å²) in [6.45, 7) is 7.22. The molecule has 2 heterocycles. The van der Waals surface area contributed by atoms with Gasteiger partial charge in [0.05, 0.1) is 11.9 Å². The van der Waals surface area contributed by atoms with Crippen LogP contribution >= 0.6 is 0 Å². The van der Waals surface area contributed by atoms with Crippen molar-refractivity contribution in [2.24, 2.45) is 0 Å². The van der Waals surface area contributed by atoms with Gasteiger partial charge in [-0.3, -0.25) is 4.68 Å². The SMILES string of the molecule is CCn1cc(-n2c(C)ccc2C)cn1. The Hall–Kier alpha value is -1.51. The molecule has 2 aromatic heterocycles. The minimum atomic E-state index is 0.916. The van der Waals surface area contributed by atoms with Gasteiger partial charge in [0, 0.05) is 24.1 Å². The summed E-state index contributed by atoms with van der Waals surface area (Å²) in [5.74, 6) is 0. The number of rotatable bonds is 2. The molecule has 0 spiro atoms. The van der Waals surface area contributed by atoms with Gasteiger partial charge in [-0.05, 0) is 32.9 Å². The first-order valence-corrected chi connectivity index (χ1v) is 4.90. The van der Waals surface area contributed by atoms with Crippen molar-refractivity contribution in [1.29, 1.82) is 0 Å². The highest BCUT2D eigenvalue weighted by Gasteiger charge is 2.05. The predicted octanol–water partition coefficient (Wildman–Crippen LogP) is 2.31. The predicted molar refractivity (Wildman–Crippen MR) is 56.7 cm³/mol. The van der Waals surface area contributed by atoms with Crippen molar-refractivity contribution in [3.05, 3.63) is 35.9 Å². The molecule has 0 aliphatic heterocycles. The summed E-state index contributed by atoms with van der Waals surface area (Å²) in [6, 6.07) is 4.25. The molecule has 0 aliphatic carbocycles. The number of aryl methyl sites for hydroxylation is 3. The second kappa shape index (κ2) is 3.33. The standard InChI is InChI=1S/C11H15N3/c1-4-13-8-11(7-12-13)14-9(2)5-6-10(14)3/h5-8H,4H2,1-3H3. The monoisotopic (exact) mass is 189 g/mol. The van der Waals surface area contributed by atoms with Gasteiger partial charge in [0.25, 0.3) is 0 Å². The summed E-state index contributed by atoms with van der Waals surface area (Å²) in [4.78, 5) is 0. The number of aromatic nitrogens is 3. The highest BCUT2D eigenvalue weighted by Crippen LogP contribution is 2.14. The molecule has 3 heteroatoms. The van der Waals surface area contributed by atoms with E-state index in [1.165, 1.54) is 11.4 Å².